The van der Waals surface area contributed by atoms with Gasteiger partial charge in [-0.2, -0.15) is 18.3 Å². The summed E-state index contributed by atoms with van der Waals surface area (Å²) in [6, 6.07) is 0.0604. The Balaban J connectivity index is 1.65. The van der Waals surface area contributed by atoms with E-state index in [1.54, 1.807) is 6.92 Å². The van der Waals surface area contributed by atoms with Crippen molar-refractivity contribution in [3.05, 3.63) is 75.8 Å². The van der Waals surface area contributed by atoms with Gasteiger partial charge >= 0.3 is 0 Å². The van der Waals surface area contributed by atoms with Gasteiger partial charge in [0.05, 0.1) is 12.8 Å². The van der Waals surface area contributed by atoms with Crippen LogP contribution in [-0.2, 0) is 16.1 Å². The second-order valence-electron chi connectivity index (χ2n) is 9.93. The number of halogens is 4. The van der Waals surface area contributed by atoms with E-state index in [2.05, 4.69) is 25.8 Å². The average molecular weight is 594 g/mol. The maximum absolute atomic E-state index is 15.0. The maximum Gasteiger partial charge on any atom is 0.270 e. The monoisotopic (exact) mass is 593 g/mol. The molecule has 0 aliphatic heterocycles. The Labute approximate surface area is 237 Å². The van der Waals surface area contributed by atoms with E-state index in [4.69, 9.17) is 4.74 Å². The Hall–Kier alpha value is -4.27. The number of ether oxygens (including phenoxy) is 1. The summed E-state index contributed by atoms with van der Waals surface area (Å²) in [5.41, 5.74) is -1.07. The maximum atomic E-state index is 15.0. The van der Waals surface area contributed by atoms with Crippen molar-refractivity contribution in [3.8, 4) is 0 Å². The van der Waals surface area contributed by atoms with Crippen LogP contribution in [0.2, 0.25) is 0 Å². The molecule has 1 saturated carbocycles. The SMILES string of the molecule is CCn1nccc1C(=O)N[C@H](C(=O)Nc1cn([C@@H](COC)c2cc(F)c[nH]c2=O)nc1F)[C@@H]1CCCCC(=C(F)F)C1. The van der Waals surface area contributed by atoms with Gasteiger partial charge in [-0.15, -0.1) is 5.10 Å². The Morgan fingerprint density at radius 1 is 1.26 bits per heavy atom. The van der Waals surface area contributed by atoms with Gasteiger partial charge in [-0.3, -0.25) is 23.7 Å². The third-order valence-electron chi connectivity index (χ3n) is 7.21. The summed E-state index contributed by atoms with van der Waals surface area (Å²) in [5.74, 6) is -4.07. The number of allylic oxidation sites excluding steroid dienone is 1. The van der Waals surface area contributed by atoms with Crippen molar-refractivity contribution in [2.24, 2.45) is 5.92 Å². The number of carbonyl (C=O) groups is 2. The van der Waals surface area contributed by atoms with Gasteiger partial charge in [0.15, 0.2) is 0 Å². The van der Waals surface area contributed by atoms with E-state index in [9.17, 15) is 27.6 Å². The second-order valence-corrected chi connectivity index (χ2v) is 9.93. The third kappa shape index (κ3) is 6.95. The first-order valence-corrected chi connectivity index (χ1v) is 13.4. The van der Waals surface area contributed by atoms with Crippen LogP contribution >= 0.6 is 0 Å². The van der Waals surface area contributed by atoms with Crippen LogP contribution in [0.3, 0.4) is 0 Å². The number of rotatable bonds is 10. The molecule has 3 N–H and O–H groups in total. The molecule has 226 valence electrons. The van der Waals surface area contributed by atoms with Gasteiger partial charge in [-0.1, -0.05) is 6.42 Å². The smallest absolute Gasteiger partial charge is 0.270 e. The predicted octanol–water partition coefficient (Wildman–Crippen LogP) is 3.77. The van der Waals surface area contributed by atoms with E-state index in [1.165, 1.54) is 24.1 Å². The standard InChI is InChI=1S/C27H31F4N7O4/c1-3-37-20(8-9-33-37)26(40)35-22(15-6-4-5-7-16(10-15)23(29)30)27(41)34-19-13-38(36-24(19)31)21(14-42-2)18-11-17(28)12-32-25(18)39/h8-9,11-13,15,21-22H,3-7,10,14H2,1-2H3,(H,32,39)(H,34,41)(H,35,40)/t15-,21+,22+/m1/s1. The summed E-state index contributed by atoms with van der Waals surface area (Å²) in [7, 11) is 1.33. The van der Waals surface area contributed by atoms with Crippen LogP contribution in [0.15, 0.2) is 47.2 Å². The Morgan fingerprint density at radius 3 is 2.76 bits per heavy atom. The molecule has 0 aromatic carbocycles. The molecule has 3 aromatic rings. The first kappa shape index (κ1) is 30.7. The molecule has 2 amide bonds. The molecule has 42 heavy (non-hydrogen) atoms. The van der Waals surface area contributed by atoms with E-state index in [0.717, 1.165) is 23.1 Å². The van der Waals surface area contributed by atoms with E-state index in [-0.39, 0.29) is 36.3 Å². The van der Waals surface area contributed by atoms with E-state index < -0.39 is 58.9 Å². The lowest BCUT2D eigenvalue weighted by atomic mass is 9.89. The van der Waals surface area contributed by atoms with Crippen molar-refractivity contribution >= 4 is 17.5 Å². The molecule has 1 fully saturated rings. The van der Waals surface area contributed by atoms with Gasteiger partial charge in [-0.25, -0.2) is 4.39 Å². The number of amides is 2. The van der Waals surface area contributed by atoms with Crippen LogP contribution in [0.25, 0.3) is 0 Å². The Kier molecular flexibility index (Phi) is 9.93. The Bertz CT molecular complexity index is 1510. The van der Waals surface area contributed by atoms with Crippen molar-refractivity contribution in [1.82, 2.24) is 29.9 Å². The average Bonchev–Trinajstić information content (AvgIpc) is 3.50. The summed E-state index contributed by atoms with van der Waals surface area (Å²) in [5, 5.41) is 12.9. The fourth-order valence-corrected chi connectivity index (χ4v) is 5.12. The fourth-order valence-electron chi connectivity index (χ4n) is 5.12. The number of H-pyrrole nitrogens is 1. The topological polar surface area (TPSA) is 136 Å². The van der Waals surface area contributed by atoms with E-state index >= 15 is 4.39 Å². The van der Waals surface area contributed by atoms with Crippen LogP contribution in [0, 0.1) is 17.7 Å². The van der Waals surface area contributed by atoms with Crippen LogP contribution in [-0.4, -0.2) is 56.1 Å². The zero-order valence-electron chi connectivity index (χ0n) is 23.0. The molecule has 4 rings (SSSR count). The van der Waals surface area contributed by atoms with Gasteiger partial charge in [0, 0.05) is 31.6 Å². The minimum Gasteiger partial charge on any atom is -0.382 e. The summed E-state index contributed by atoms with van der Waals surface area (Å²) in [4.78, 5) is 41.4. The van der Waals surface area contributed by atoms with Gasteiger partial charge in [0.25, 0.3) is 23.5 Å². The lowest BCUT2D eigenvalue weighted by molar-refractivity contribution is -0.119. The Morgan fingerprint density at radius 2 is 2.05 bits per heavy atom. The molecule has 15 heteroatoms. The number of aryl methyl sites for hydroxylation is 1. The number of aromatic nitrogens is 5. The first-order chi connectivity index (χ1) is 20.1. The number of nitrogens with zero attached hydrogens (tertiary/aromatic N) is 4. The highest BCUT2D eigenvalue weighted by Crippen LogP contribution is 2.33. The molecular formula is C27H31F4N7O4. The number of nitrogens with one attached hydrogen (secondary N) is 3. The lowest BCUT2D eigenvalue weighted by Gasteiger charge is -2.26. The van der Waals surface area contributed by atoms with E-state index in [0.29, 0.717) is 25.8 Å². The van der Waals surface area contributed by atoms with Crippen molar-refractivity contribution in [2.75, 3.05) is 19.0 Å². The van der Waals surface area contributed by atoms with Crippen LogP contribution in [0.4, 0.5) is 23.2 Å². The molecule has 1 aliphatic rings. The van der Waals surface area contributed by atoms with Crippen LogP contribution in [0.5, 0.6) is 0 Å². The van der Waals surface area contributed by atoms with Crippen molar-refractivity contribution in [2.45, 2.75) is 57.7 Å². The number of hydrogen-bond acceptors (Lipinski definition) is 6. The molecule has 0 saturated heterocycles. The number of hydrogen-bond donors (Lipinski definition) is 3. The molecular weight excluding hydrogens is 562 g/mol. The second kappa shape index (κ2) is 13.6. The summed E-state index contributed by atoms with van der Waals surface area (Å²) < 4.78 is 63.7. The van der Waals surface area contributed by atoms with Crippen molar-refractivity contribution in [3.63, 3.8) is 0 Å². The predicted molar refractivity (Wildman–Crippen MR) is 143 cm³/mol. The molecule has 1 aliphatic carbocycles. The lowest BCUT2D eigenvalue weighted by Crippen LogP contribution is -2.49. The van der Waals surface area contributed by atoms with Gasteiger partial charge < -0.3 is 20.4 Å². The molecule has 11 nitrogen and oxygen atoms in total. The van der Waals surface area contributed by atoms with Crippen LogP contribution in [0.1, 0.15) is 61.1 Å². The fraction of sp³-hybridized carbons (Fsp3) is 0.444. The molecule has 3 atom stereocenters. The largest absolute Gasteiger partial charge is 0.382 e. The molecule has 0 spiro atoms. The number of pyridine rings is 1. The number of aromatic amines is 1. The highest BCUT2D eigenvalue weighted by molar-refractivity contribution is 6.00. The highest BCUT2D eigenvalue weighted by Gasteiger charge is 2.34. The summed E-state index contributed by atoms with van der Waals surface area (Å²) >= 11 is 0. The molecule has 0 radical (unpaired) electrons. The molecule has 3 aromatic heterocycles. The van der Waals surface area contributed by atoms with Crippen molar-refractivity contribution in [1.29, 1.82) is 0 Å². The molecule has 0 bridgehead atoms. The minimum absolute atomic E-state index is 0.0927. The summed E-state index contributed by atoms with van der Waals surface area (Å²) in [6.07, 6.45) is 3.02. The molecule has 0 unspecified atom stereocenters. The van der Waals surface area contributed by atoms with Gasteiger partial charge in [0.1, 0.15) is 29.3 Å². The van der Waals surface area contributed by atoms with Crippen molar-refractivity contribution < 1.29 is 31.9 Å². The molecule has 3 heterocycles. The number of carbonyl (C=O) groups excluding carboxylic acids is 2. The third-order valence-corrected chi connectivity index (χ3v) is 7.21. The quantitative estimate of drug-likeness (QED) is 0.242. The van der Waals surface area contributed by atoms with E-state index in [1.807, 2.05) is 0 Å². The zero-order chi connectivity index (χ0) is 30.4. The zero-order valence-corrected chi connectivity index (χ0v) is 23.0. The van der Waals surface area contributed by atoms with Gasteiger partial charge in [0.2, 0.25) is 5.91 Å². The number of anilines is 1. The van der Waals surface area contributed by atoms with Crippen LogP contribution < -0.4 is 16.2 Å². The first-order valence-electron chi connectivity index (χ1n) is 13.4. The number of methoxy groups -OCH3 is 1. The summed E-state index contributed by atoms with van der Waals surface area (Å²) in [6.45, 7) is 1.96. The normalized spacial score (nSPS) is 16.9. The minimum atomic E-state index is -1.82. The van der Waals surface area contributed by atoms with Gasteiger partial charge in [-0.05, 0) is 56.2 Å². The highest BCUT2D eigenvalue weighted by atomic mass is 19.3.